The van der Waals surface area contributed by atoms with E-state index in [0.717, 1.165) is 32.1 Å². The first kappa shape index (κ1) is 11.5. The van der Waals surface area contributed by atoms with Gasteiger partial charge in [0.1, 0.15) is 0 Å². The molecule has 0 aromatic rings. The van der Waals surface area contributed by atoms with Gasteiger partial charge in [-0.25, -0.2) is 0 Å². The maximum absolute atomic E-state index is 9.13. The Morgan fingerprint density at radius 3 is 2.07 bits per heavy atom. The number of nitriles is 3. The van der Waals surface area contributed by atoms with Crippen molar-refractivity contribution < 1.29 is 0 Å². The standard InChI is InChI=1S/C12H15N3/c13-8-11-6-4-2-1-3-5-7-12(11,9-14)10-15/h11H,1-7H2. The van der Waals surface area contributed by atoms with E-state index in [4.69, 9.17) is 15.8 Å². The zero-order chi connectivity index (χ0) is 11.1. The number of rotatable bonds is 0. The van der Waals surface area contributed by atoms with E-state index in [1.807, 2.05) is 0 Å². The van der Waals surface area contributed by atoms with Gasteiger partial charge in [0.25, 0.3) is 0 Å². The monoisotopic (exact) mass is 201 g/mol. The highest BCUT2D eigenvalue weighted by Gasteiger charge is 2.39. The molecule has 0 N–H and O–H groups in total. The zero-order valence-electron chi connectivity index (χ0n) is 8.87. The summed E-state index contributed by atoms with van der Waals surface area (Å²) in [5, 5.41) is 27.3. The van der Waals surface area contributed by atoms with Gasteiger partial charge in [-0.05, 0) is 12.8 Å². The van der Waals surface area contributed by atoms with Crippen LogP contribution in [0.15, 0.2) is 0 Å². The molecule has 0 aliphatic heterocycles. The summed E-state index contributed by atoms with van der Waals surface area (Å²) in [6, 6.07) is 6.31. The molecule has 1 saturated carbocycles. The molecule has 0 saturated heterocycles. The molecule has 3 nitrogen and oxygen atoms in total. The molecule has 0 aromatic carbocycles. The molecule has 15 heavy (non-hydrogen) atoms. The van der Waals surface area contributed by atoms with Gasteiger partial charge in [-0.2, -0.15) is 15.8 Å². The van der Waals surface area contributed by atoms with E-state index in [-0.39, 0.29) is 0 Å². The first-order valence-corrected chi connectivity index (χ1v) is 5.51. The Morgan fingerprint density at radius 1 is 0.867 bits per heavy atom. The van der Waals surface area contributed by atoms with E-state index in [1.54, 1.807) is 0 Å². The number of hydrogen-bond donors (Lipinski definition) is 0. The Hall–Kier alpha value is -1.53. The average molecular weight is 201 g/mol. The topological polar surface area (TPSA) is 71.4 Å². The van der Waals surface area contributed by atoms with Gasteiger partial charge in [-0.15, -0.1) is 0 Å². The van der Waals surface area contributed by atoms with Crippen LogP contribution in [0.2, 0.25) is 0 Å². The third-order valence-electron chi connectivity index (χ3n) is 3.21. The third-order valence-corrected chi connectivity index (χ3v) is 3.21. The minimum atomic E-state index is -1.06. The van der Waals surface area contributed by atoms with Crippen LogP contribution in [0.3, 0.4) is 0 Å². The van der Waals surface area contributed by atoms with Crippen LogP contribution in [-0.4, -0.2) is 0 Å². The highest BCUT2D eigenvalue weighted by molar-refractivity contribution is 5.20. The lowest BCUT2D eigenvalue weighted by atomic mass is 9.73. The molecule has 1 rings (SSSR count). The second kappa shape index (κ2) is 5.38. The summed E-state index contributed by atoms with van der Waals surface area (Å²) in [6.45, 7) is 0. The fourth-order valence-electron chi connectivity index (χ4n) is 2.17. The summed E-state index contributed by atoms with van der Waals surface area (Å²) >= 11 is 0. The molecular formula is C12H15N3. The second-order valence-electron chi connectivity index (χ2n) is 4.18. The minimum absolute atomic E-state index is 0.411. The predicted molar refractivity (Wildman–Crippen MR) is 55.1 cm³/mol. The fraction of sp³-hybridized carbons (Fsp3) is 0.750. The highest BCUT2D eigenvalue weighted by Crippen LogP contribution is 2.37. The van der Waals surface area contributed by atoms with E-state index in [0.29, 0.717) is 12.8 Å². The molecule has 0 aromatic heterocycles. The maximum atomic E-state index is 9.13. The zero-order valence-corrected chi connectivity index (χ0v) is 8.87. The van der Waals surface area contributed by atoms with Crippen LogP contribution in [0.5, 0.6) is 0 Å². The summed E-state index contributed by atoms with van der Waals surface area (Å²) in [4.78, 5) is 0. The van der Waals surface area contributed by atoms with Crippen LogP contribution < -0.4 is 0 Å². The number of hydrogen-bond acceptors (Lipinski definition) is 3. The summed E-state index contributed by atoms with van der Waals surface area (Å²) in [5.41, 5.74) is -1.06. The molecule has 1 aliphatic carbocycles. The molecule has 0 bridgehead atoms. The van der Waals surface area contributed by atoms with Crippen molar-refractivity contribution in [3.05, 3.63) is 0 Å². The Bertz CT molecular complexity index is 312. The fourth-order valence-corrected chi connectivity index (χ4v) is 2.17. The van der Waals surface area contributed by atoms with Crippen LogP contribution in [-0.2, 0) is 0 Å². The molecule has 0 spiro atoms. The van der Waals surface area contributed by atoms with Crippen molar-refractivity contribution in [1.82, 2.24) is 0 Å². The van der Waals surface area contributed by atoms with Gasteiger partial charge in [0.15, 0.2) is 5.41 Å². The lowest BCUT2D eigenvalue weighted by molar-refractivity contribution is 0.337. The largest absolute Gasteiger partial charge is 0.198 e. The summed E-state index contributed by atoms with van der Waals surface area (Å²) in [6.07, 6.45) is 6.44. The van der Waals surface area contributed by atoms with Gasteiger partial charge in [0, 0.05) is 0 Å². The van der Waals surface area contributed by atoms with E-state index < -0.39 is 11.3 Å². The Kier molecular flexibility index (Phi) is 4.14. The SMILES string of the molecule is N#CC1CCCCCCCC1(C#N)C#N. The van der Waals surface area contributed by atoms with Crippen LogP contribution in [0.4, 0.5) is 0 Å². The first-order chi connectivity index (χ1) is 7.29. The van der Waals surface area contributed by atoms with E-state index >= 15 is 0 Å². The van der Waals surface area contributed by atoms with Gasteiger partial charge in [-0.1, -0.05) is 32.1 Å². The van der Waals surface area contributed by atoms with Crippen LogP contribution >= 0.6 is 0 Å². The summed E-state index contributed by atoms with van der Waals surface area (Å²) in [5.74, 6) is -0.411. The minimum Gasteiger partial charge on any atom is -0.198 e. The van der Waals surface area contributed by atoms with Gasteiger partial charge in [0.05, 0.1) is 24.1 Å². The molecule has 1 unspecified atom stereocenters. The lowest BCUT2D eigenvalue weighted by Crippen LogP contribution is -2.26. The van der Waals surface area contributed by atoms with Crippen molar-refractivity contribution in [2.45, 2.75) is 44.9 Å². The number of nitrogens with zero attached hydrogens (tertiary/aromatic N) is 3. The molecule has 0 amide bonds. The molecule has 1 atom stereocenters. The molecule has 78 valence electrons. The highest BCUT2D eigenvalue weighted by atomic mass is 14.5. The van der Waals surface area contributed by atoms with Gasteiger partial charge in [0.2, 0.25) is 0 Å². The molecule has 3 heteroatoms. The van der Waals surface area contributed by atoms with Crippen molar-refractivity contribution in [1.29, 1.82) is 15.8 Å². The maximum Gasteiger partial charge on any atom is 0.159 e. The third kappa shape index (κ3) is 2.48. The van der Waals surface area contributed by atoms with Crippen molar-refractivity contribution in [3.63, 3.8) is 0 Å². The Morgan fingerprint density at radius 2 is 1.47 bits per heavy atom. The van der Waals surface area contributed by atoms with Crippen molar-refractivity contribution >= 4 is 0 Å². The second-order valence-corrected chi connectivity index (χ2v) is 4.18. The normalized spacial score (nSPS) is 25.8. The smallest absolute Gasteiger partial charge is 0.159 e. The van der Waals surface area contributed by atoms with Crippen molar-refractivity contribution in [3.8, 4) is 18.2 Å². The molecule has 0 heterocycles. The summed E-state index contributed by atoms with van der Waals surface area (Å²) in [7, 11) is 0. The Labute approximate surface area is 90.9 Å². The molecular weight excluding hydrogens is 186 g/mol. The lowest BCUT2D eigenvalue weighted by Gasteiger charge is -2.22. The van der Waals surface area contributed by atoms with Crippen LogP contribution in [0, 0.1) is 45.3 Å². The van der Waals surface area contributed by atoms with Crippen LogP contribution in [0.1, 0.15) is 44.9 Å². The summed E-state index contributed by atoms with van der Waals surface area (Å²) < 4.78 is 0. The molecule has 1 aliphatic rings. The first-order valence-electron chi connectivity index (χ1n) is 5.51. The van der Waals surface area contributed by atoms with E-state index in [1.165, 1.54) is 0 Å². The predicted octanol–water partition coefficient (Wildman–Crippen LogP) is 2.90. The van der Waals surface area contributed by atoms with E-state index in [9.17, 15) is 0 Å². The quantitative estimate of drug-likeness (QED) is 0.605. The van der Waals surface area contributed by atoms with E-state index in [2.05, 4.69) is 18.2 Å². The van der Waals surface area contributed by atoms with Crippen LogP contribution in [0.25, 0.3) is 0 Å². The Balaban J connectivity index is 2.90. The molecule has 0 radical (unpaired) electrons. The average Bonchev–Trinajstić information content (AvgIpc) is 2.38. The van der Waals surface area contributed by atoms with Crippen molar-refractivity contribution in [2.24, 2.45) is 11.3 Å². The van der Waals surface area contributed by atoms with Gasteiger partial charge < -0.3 is 0 Å². The van der Waals surface area contributed by atoms with Gasteiger partial charge >= 0.3 is 0 Å². The molecule has 1 fully saturated rings. The van der Waals surface area contributed by atoms with Gasteiger partial charge in [-0.3, -0.25) is 0 Å². The van der Waals surface area contributed by atoms with Crippen molar-refractivity contribution in [2.75, 3.05) is 0 Å².